The maximum Gasteiger partial charge on any atom is 0.279 e. The molecule has 0 aliphatic rings. The second-order valence-corrected chi connectivity index (χ2v) is 7.80. The van der Waals surface area contributed by atoms with Gasteiger partial charge in [-0.25, -0.2) is 4.98 Å². The normalized spacial score (nSPS) is 10.7. The predicted molar refractivity (Wildman–Crippen MR) is 125 cm³/mol. The fourth-order valence-electron chi connectivity index (χ4n) is 3.77. The zero-order chi connectivity index (χ0) is 25.4. The highest BCUT2D eigenvalue weighted by atomic mass is 16.6. The predicted octanol–water partition coefficient (Wildman–Crippen LogP) is 4.29. The third-order valence-electron chi connectivity index (χ3n) is 5.59. The van der Waals surface area contributed by atoms with Gasteiger partial charge in [0.2, 0.25) is 0 Å². The summed E-state index contributed by atoms with van der Waals surface area (Å²) in [6, 6.07) is 11.2. The van der Waals surface area contributed by atoms with E-state index in [0.717, 1.165) is 34.2 Å². The van der Waals surface area contributed by atoms with E-state index < -0.39 is 27.1 Å². The van der Waals surface area contributed by atoms with Crippen molar-refractivity contribution in [3.05, 3.63) is 90.6 Å². The first kappa shape index (κ1) is 23.0. The van der Waals surface area contributed by atoms with E-state index in [0.29, 0.717) is 5.82 Å². The summed E-state index contributed by atoms with van der Waals surface area (Å²) in [6.07, 6.45) is 1.25. The Labute approximate surface area is 197 Å². The van der Waals surface area contributed by atoms with E-state index in [9.17, 15) is 30.3 Å². The largest absolute Gasteiger partial charge is 0.305 e. The van der Waals surface area contributed by atoms with E-state index in [-0.39, 0.29) is 22.5 Å². The summed E-state index contributed by atoms with van der Waals surface area (Å²) >= 11 is 0. The molecule has 12 heteroatoms. The Hall–Kier alpha value is -5.18. The Bertz CT molecular complexity index is 1600. The number of carbonyl (C=O) groups is 1. The molecule has 35 heavy (non-hydrogen) atoms. The number of nitriles is 1. The highest BCUT2D eigenvalue weighted by molar-refractivity contribution is 6.06. The molecule has 4 aromatic rings. The van der Waals surface area contributed by atoms with Gasteiger partial charge in [-0.3, -0.25) is 25.0 Å². The van der Waals surface area contributed by atoms with Crippen LogP contribution in [0.15, 0.2) is 42.6 Å². The number of nitrogens with one attached hydrogen (secondary N) is 1. The minimum absolute atomic E-state index is 0.0141. The number of nitro benzene ring substituents is 2. The number of anilines is 1. The number of aromatic nitrogens is 3. The number of rotatable bonds is 5. The molecule has 0 fully saturated rings. The molecule has 0 unspecified atom stereocenters. The van der Waals surface area contributed by atoms with Gasteiger partial charge in [0.15, 0.2) is 11.6 Å². The molecule has 174 valence electrons. The van der Waals surface area contributed by atoms with Crippen molar-refractivity contribution >= 4 is 34.0 Å². The highest BCUT2D eigenvalue weighted by Crippen LogP contribution is 2.30. The molecule has 0 aliphatic carbocycles. The van der Waals surface area contributed by atoms with E-state index >= 15 is 0 Å². The molecular formula is C23H17N7O5. The van der Waals surface area contributed by atoms with E-state index in [1.54, 1.807) is 6.07 Å². The first-order valence-electron chi connectivity index (χ1n) is 10.2. The Balaban J connectivity index is 1.84. The first-order chi connectivity index (χ1) is 16.6. The lowest BCUT2D eigenvalue weighted by atomic mass is 10.0. The summed E-state index contributed by atoms with van der Waals surface area (Å²) in [7, 11) is 0. The van der Waals surface area contributed by atoms with Crippen molar-refractivity contribution in [2.75, 3.05) is 5.32 Å². The lowest BCUT2D eigenvalue weighted by Crippen LogP contribution is -2.18. The van der Waals surface area contributed by atoms with E-state index in [2.05, 4.69) is 15.4 Å². The lowest BCUT2D eigenvalue weighted by molar-refractivity contribution is -0.394. The molecule has 1 amide bonds. The van der Waals surface area contributed by atoms with Crippen LogP contribution in [0.2, 0.25) is 0 Å². The van der Waals surface area contributed by atoms with Crippen LogP contribution in [0, 0.1) is 52.3 Å². The van der Waals surface area contributed by atoms with Crippen molar-refractivity contribution < 1.29 is 14.6 Å². The maximum absolute atomic E-state index is 13.1. The molecule has 0 saturated carbocycles. The van der Waals surface area contributed by atoms with Crippen LogP contribution >= 0.6 is 0 Å². The number of carbonyl (C=O) groups excluding carboxylic acids is 1. The van der Waals surface area contributed by atoms with Gasteiger partial charge < -0.3 is 5.32 Å². The van der Waals surface area contributed by atoms with Crippen LogP contribution in [0.25, 0.3) is 16.7 Å². The Morgan fingerprint density at radius 3 is 2.49 bits per heavy atom. The third-order valence-corrected chi connectivity index (χ3v) is 5.59. The van der Waals surface area contributed by atoms with Gasteiger partial charge in [0.25, 0.3) is 17.3 Å². The Kier molecular flexibility index (Phi) is 5.67. The van der Waals surface area contributed by atoms with Gasteiger partial charge in [0.05, 0.1) is 33.2 Å². The summed E-state index contributed by atoms with van der Waals surface area (Å²) in [5, 5.41) is 39.9. The fourth-order valence-corrected chi connectivity index (χ4v) is 3.77. The van der Waals surface area contributed by atoms with Crippen molar-refractivity contribution in [3.8, 4) is 11.9 Å². The molecule has 0 spiro atoms. The number of para-hydroxylation sites is 1. The molecular weight excluding hydrogens is 454 g/mol. The van der Waals surface area contributed by atoms with E-state index in [1.807, 2.05) is 38.1 Å². The number of amides is 1. The number of nitro groups is 2. The highest BCUT2D eigenvalue weighted by Gasteiger charge is 2.26. The van der Waals surface area contributed by atoms with E-state index in [4.69, 9.17) is 0 Å². The summed E-state index contributed by atoms with van der Waals surface area (Å²) in [5.74, 6) is -0.560. The summed E-state index contributed by atoms with van der Waals surface area (Å²) in [6.45, 7) is 5.12. The topological polar surface area (TPSA) is 170 Å². The number of nitrogens with zero attached hydrogens (tertiary/aromatic N) is 6. The minimum atomic E-state index is -0.874. The van der Waals surface area contributed by atoms with Crippen molar-refractivity contribution in [2.24, 2.45) is 0 Å². The smallest absolute Gasteiger partial charge is 0.279 e. The summed E-state index contributed by atoms with van der Waals surface area (Å²) in [5.41, 5.74) is 1.04. The van der Waals surface area contributed by atoms with Crippen molar-refractivity contribution in [3.63, 3.8) is 0 Å². The molecule has 2 heterocycles. The number of hydrogen-bond donors (Lipinski definition) is 1. The van der Waals surface area contributed by atoms with Gasteiger partial charge >= 0.3 is 0 Å². The van der Waals surface area contributed by atoms with Crippen molar-refractivity contribution in [1.82, 2.24) is 14.8 Å². The number of aryl methyl sites for hydroxylation is 2. The first-order valence-corrected chi connectivity index (χ1v) is 10.2. The number of benzene rings is 2. The van der Waals surface area contributed by atoms with E-state index in [1.165, 1.54) is 17.8 Å². The van der Waals surface area contributed by atoms with Crippen LogP contribution in [-0.4, -0.2) is 30.5 Å². The minimum Gasteiger partial charge on any atom is -0.305 e. The zero-order valence-electron chi connectivity index (χ0n) is 18.8. The second kappa shape index (κ2) is 8.64. The summed E-state index contributed by atoms with van der Waals surface area (Å²) in [4.78, 5) is 38.8. The van der Waals surface area contributed by atoms with Crippen molar-refractivity contribution in [2.45, 2.75) is 20.8 Å². The molecule has 0 bridgehead atoms. The molecule has 0 atom stereocenters. The molecule has 4 rings (SSSR count). The van der Waals surface area contributed by atoms with Gasteiger partial charge in [0.1, 0.15) is 11.6 Å². The molecule has 2 aromatic carbocycles. The average Bonchev–Trinajstić information content (AvgIpc) is 3.21. The third kappa shape index (κ3) is 4.02. The van der Waals surface area contributed by atoms with Crippen LogP contribution in [0.3, 0.4) is 0 Å². The van der Waals surface area contributed by atoms with Gasteiger partial charge in [0, 0.05) is 17.0 Å². The van der Waals surface area contributed by atoms with Crippen LogP contribution in [0.1, 0.15) is 32.6 Å². The monoisotopic (exact) mass is 471 g/mol. The Morgan fingerprint density at radius 2 is 1.83 bits per heavy atom. The molecule has 0 aliphatic heterocycles. The van der Waals surface area contributed by atoms with Crippen LogP contribution < -0.4 is 5.32 Å². The summed E-state index contributed by atoms with van der Waals surface area (Å²) < 4.78 is 1.27. The maximum atomic E-state index is 13.1. The SMILES string of the molecule is Cc1c(C(=O)Nc2c(C#N)cnn2-c2cc(C)c3cccc(C)c3n2)cc([N+](=O)[O-])cc1[N+](=O)[O-]. The molecule has 0 saturated heterocycles. The zero-order valence-corrected chi connectivity index (χ0v) is 18.8. The standard InChI is InChI=1S/C23H17N7O5/c1-12-5-4-6-17-13(2)7-20(26-21(12)17)28-22(15(10-24)11-25-28)27-23(31)18-8-16(29(32)33)9-19(14(18)3)30(34)35/h4-9,11H,1-3H3,(H,27,31). The van der Waals surface area contributed by atoms with Crippen LogP contribution in [0.4, 0.5) is 17.2 Å². The number of fused-ring (bicyclic) bond motifs is 1. The Morgan fingerprint density at radius 1 is 1.09 bits per heavy atom. The van der Waals surface area contributed by atoms with Gasteiger partial charge in [-0.05, 0) is 38.0 Å². The number of pyridine rings is 1. The molecule has 12 nitrogen and oxygen atoms in total. The molecule has 2 aromatic heterocycles. The quantitative estimate of drug-likeness (QED) is 0.332. The fraction of sp³-hybridized carbons (Fsp3) is 0.130. The molecule has 0 radical (unpaired) electrons. The lowest BCUT2D eigenvalue weighted by Gasteiger charge is -2.13. The second-order valence-electron chi connectivity index (χ2n) is 7.80. The number of hydrogen-bond acceptors (Lipinski definition) is 8. The van der Waals surface area contributed by atoms with Gasteiger partial charge in [-0.1, -0.05) is 18.2 Å². The average molecular weight is 471 g/mol. The van der Waals surface area contributed by atoms with Gasteiger partial charge in [-0.15, -0.1) is 0 Å². The van der Waals surface area contributed by atoms with Crippen molar-refractivity contribution in [1.29, 1.82) is 5.26 Å². The molecule has 1 N–H and O–H groups in total. The number of non-ortho nitro benzene ring substituents is 1. The van der Waals surface area contributed by atoms with Gasteiger partial charge in [-0.2, -0.15) is 15.0 Å². The van der Waals surface area contributed by atoms with Crippen LogP contribution in [0.5, 0.6) is 0 Å². The van der Waals surface area contributed by atoms with Crippen LogP contribution in [-0.2, 0) is 0 Å².